The van der Waals surface area contributed by atoms with Gasteiger partial charge in [0.2, 0.25) is 0 Å². The van der Waals surface area contributed by atoms with Gasteiger partial charge in [0, 0.05) is 13.2 Å². The maximum absolute atomic E-state index is 5.82. The van der Waals surface area contributed by atoms with Crippen molar-refractivity contribution in [2.24, 2.45) is 0 Å². The van der Waals surface area contributed by atoms with Gasteiger partial charge in [-0.25, -0.2) is 0 Å². The fraction of sp³-hybridized carbons (Fsp3) is 1.00. The summed E-state index contributed by atoms with van der Waals surface area (Å²) in [5, 5.41) is 0. The standard InChI is InChI=1S/C11H25ClO4Si/c1-5-13-10(3)7-15-17(9-12)16-8-11(4)14-6-2/h10-11,17H,5-9H2,1-4H3. The van der Waals surface area contributed by atoms with Crippen molar-refractivity contribution in [3.05, 3.63) is 0 Å². The second-order valence-electron chi connectivity index (χ2n) is 3.78. The van der Waals surface area contributed by atoms with Crippen molar-refractivity contribution in [3.63, 3.8) is 0 Å². The Kier molecular flexibility index (Phi) is 11.7. The molecule has 0 saturated carbocycles. The lowest BCUT2D eigenvalue weighted by atomic mass is 10.4. The van der Waals surface area contributed by atoms with E-state index in [-0.39, 0.29) is 12.2 Å². The topological polar surface area (TPSA) is 36.9 Å². The van der Waals surface area contributed by atoms with Crippen LogP contribution >= 0.6 is 11.6 Å². The molecule has 0 saturated heterocycles. The highest BCUT2D eigenvalue weighted by atomic mass is 35.5. The summed E-state index contributed by atoms with van der Waals surface area (Å²) < 4.78 is 22.0. The van der Waals surface area contributed by atoms with Crippen molar-refractivity contribution in [2.45, 2.75) is 39.9 Å². The average molecular weight is 285 g/mol. The molecule has 104 valence electrons. The van der Waals surface area contributed by atoms with Gasteiger partial charge in [0.15, 0.2) is 0 Å². The predicted molar refractivity (Wildman–Crippen MR) is 71.9 cm³/mol. The van der Waals surface area contributed by atoms with E-state index in [2.05, 4.69) is 0 Å². The average Bonchev–Trinajstić information content (AvgIpc) is 2.30. The molecule has 0 aliphatic carbocycles. The smallest absolute Gasteiger partial charge is 0.336 e. The minimum Gasteiger partial charge on any atom is -0.393 e. The molecule has 4 nitrogen and oxygen atoms in total. The molecular weight excluding hydrogens is 260 g/mol. The molecule has 0 fully saturated rings. The van der Waals surface area contributed by atoms with Crippen molar-refractivity contribution < 1.29 is 18.3 Å². The fourth-order valence-corrected chi connectivity index (χ4v) is 3.07. The van der Waals surface area contributed by atoms with E-state index in [1.807, 2.05) is 27.7 Å². The molecule has 0 aliphatic heterocycles. The molecule has 0 amide bonds. The predicted octanol–water partition coefficient (Wildman–Crippen LogP) is 1.87. The Morgan fingerprint density at radius 2 is 1.35 bits per heavy atom. The second-order valence-corrected chi connectivity index (χ2v) is 6.54. The third-order valence-corrected chi connectivity index (χ3v) is 4.20. The molecule has 2 unspecified atom stereocenters. The summed E-state index contributed by atoms with van der Waals surface area (Å²) >= 11 is 5.82. The van der Waals surface area contributed by atoms with E-state index < -0.39 is 9.28 Å². The lowest BCUT2D eigenvalue weighted by molar-refractivity contribution is 0.0138. The van der Waals surface area contributed by atoms with Crippen LogP contribution < -0.4 is 0 Å². The second kappa shape index (κ2) is 11.4. The van der Waals surface area contributed by atoms with Crippen LogP contribution in [0.4, 0.5) is 0 Å². The zero-order chi connectivity index (χ0) is 13.1. The summed E-state index contributed by atoms with van der Waals surface area (Å²) in [5.74, 6) is 0. The minimum absolute atomic E-state index is 0.0890. The highest BCUT2D eigenvalue weighted by Crippen LogP contribution is 2.00. The summed E-state index contributed by atoms with van der Waals surface area (Å²) in [4.78, 5) is 0. The molecule has 0 rings (SSSR count). The first-order valence-corrected chi connectivity index (χ1v) is 8.45. The van der Waals surface area contributed by atoms with Crippen molar-refractivity contribution >= 4 is 20.9 Å². The molecule has 0 heterocycles. The Bertz CT molecular complexity index is 158. The van der Waals surface area contributed by atoms with Crippen molar-refractivity contribution in [1.82, 2.24) is 0 Å². The number of hydrogen-bond acceptors (Lipinski definition) is 4. The Morgan fingerprint density at radius 3 is 1.65 bits per heavy atom. The largest absolute Gasteiger partial charge is 0.393 e. The third-order valence-electron chi connectivity index (χ3n) is 2.06. The molecule has 0 radical (unpaired) electrons. The van der Waals surface area contributed by atoms with Crippen molar-refractivity contribution in [1.29, 1.82) is 0 Å². The Morgan fingerprint density at radius 1 is 0.941 bits per heavy atom. The van der Waals surface area contributed by atoms with Crippen LogP contribution in [0.5, 0.6) is 0 Å². The van der Waals surface area contributed by atoms with Gasteiger partial charge in [-0.3, -0.25) is 0 Å². The molecule has 0 bridgehead atoms. The summed E-state index contributed by atoms with van der Waals surface area (Å²) in [7, 11) is -1.77. The van der Waals surface area contributed by atoms with Crippen LogP contribution in [0.3, 0.4) is 0 Å². The third kappa shape index (κ3) is 10.00. The first kappa shape index (κ1) is 17.3. The van der Waals surface area contributed by atoms with Crippen LogP contribution in [0.1, 0.15) is 27.7 Å². The highest BCUT2D eigenvalue weighted by Gasteiger charge is 2.15. The molecule has 17 heavy (non-hydrogen) atoms. The normalized spacial score (nSPS) is 16.8. The lowest BCUT2D eigenvalue weighted by Gasteiger charge is -2.19. The molecule has 0 aromatic heterocycles. The van der Waals surface area contributed by atoms with E-state index in [0.717, 1.165) is 0 Å². The monoisotopic (exact) mass is 284 g/mol. The van der Waals surface area contributed by atoms with Gasteiger partial charge >= 0.3 is 9.28 Å². The molecule has 0 aromatic carbocycles. The molecule has 0 aromatic rings. The van der Waals surface area contributed by atoms with E-state index in [0.29, 0.717) is 31.9 Å². The molecule has 0 N–H and O–H groups in total. The molecule has 0 spiro atoms. The number of halogens is 1. The summed E-state index contributed by atoms with van der Waals surface area (Å²) in [6.07, 6.45) is 0.178. The van der Waals surface area contributed by atoms with Gasteiger partial charge in [0.25, 0.3) is 0 Å². The van der Waals surface area contributed by atoms with E-state index in [1.165, 1.54) is 0 Å². The highest BCUT2D eigenvalue weighted by molar-refractivity contribution is 6.56. The van der Waals surface area contributed by atoms with Crippen LogP contribution in [-0.4, -0.2) is 53.4 Å². The van der Waals surface area contributed by atoms with E-state index in [1.54, 1.807) is 0 Å². The molecule has 0 aliphatic rings. The van der Waals surface area contributed by atoms with E-state index >= 15 is 0 Å². The van der Waals surface area contributed by atoms with Gasteiger partial charge in [-0.2, -0.15) is 0 Å². The number of rotatable bonds is 11. The fourth-order valence-electron chi connectivity index (χ4n) is 1.29. The van der Waals surface area contributed by atoms with Gasteiger partial charge in [-0.15, -0.1) is 11.6 Å². The van der Waals surface area contributed by atoms with E-state index in [4.69, 9.17) is 29.9 Å². The molecule has 2 atom stereocenters. The number of alkyl halides is 1. The number of ether oxygens (including phenoxy) is 2. The minimum atomic E-state index is -1.77. The summed E-state index contributed by atoms with van der Waals surface area (Å²) in [5.41, 5.74) is 0.442. The summed E-state index contributed by atoms with van der Waals surface area (Å²) in [6.45, 7) is 10.4. The van der Waals surface area contributed by atoms with Crippen LogP contribution in [0.2, 0.25) is 0 Å². The van der Waals surface area contributed by atoms with Gasteiger partial charge in [-0.1, -0.05) is 0 Å². The Labute approximate surface area is 111 Å². The lowest BCUT2D eigenvalue weighted by Crippen LogP contribution is -2.32. The van der Waals surface area contributed by atoms with E-state index in [9.17, 15) is 0 Å². The SMILES string of the molecule is CCOC(C)CO[SiH](CCl)OCC(C)OCC. The number of hydrogen-bond donors (Lipinski definition) is 0. The molecular formula is C11H25ClO4Si. The van der Waals surface area contributed by atoms with Crippen molar-refractivity contribution in [3.8, 4) is 0 Å². The van der Waals surface area contributed by atoms with Gasteiger partial charge < -0.3 is 18.3 Å². The zero-order valence-electron chi connectivity index (χ0n) is 11.3. The van der Waals surface area contributed by atoms with Gasteiger partial charge in [-0.05, 0) is 27.7 Å². The molecule has 6 heteroatoms. The summed E-state index contributed by atoms with van der Waals surface area (Å²) in [6, 6.07) is 0. The van der Waals surface area contributed by atoms with Crippen LogP contribution in [0, 0.1) is 0 Å². The quantitative estimate of drug-likeness (QED) is 0.429. The maximum atomic E-state index is 5.82. The van der Waals surface area contributed by atoms with Gasteiger partial charge in [0.1, 0.15) is 0 Å². The first-order chi connectivity index (χ1) is 8.13. The first-order valence-electron chi connectivity index (χ1n) is 6.16. The Balaban J connectivity index is 3.68. The zero-order valence-corrected chi connectivity index (χ0v) is 13.2. The van der Waals surface area contributed by atoms with Crippen molar-refractivity contribution in [2.75, 3.05) is 31.9 Å². The maximum Gasteiger partial charge on any atom is 0.336 e. The Hall–Kier alpha value is 0.347. The van der Waals surface area contributed by atoms with Crippen LogP contribution in [-0.2, 0) is 18.3 Å². The van der Waals surface area contributed by atoms with Gasteiger partial charge in [0.05, 0.1) is 30.9 Å². The van der Waals surface area contributed by atoms with Crippen LogP contribution in [0.25, 0.3) is 0 Å². The van der Waals surface area contributed by atoms with Crippen LogP contribution in [0.15, 0.2) is 0 Å².